The number of hydrogen-bond donors (Lipinski definition) is 2. The largest absolute Gasteiger partial charge is 0.494 e. The Labute approximate surface area is 200 Å². The van der Waals surface area contributed by atoms with Gasteiger partial charge in [-0.1, -0.05) is 19.1 Å². The number of rotatable bonds is 7. The third-order valence-electron chi connectivity index (χ3n) is 5.21. The molecule has 6 nitrogen and oxygen atoms in total. The number of amides is 1. The zero-order valence-corrected chi connectivity index (χ0v) is 19.3. The zero-order chi connectivity index (χ0) is 25.2. The van der Waals surface area contributed by atoms with Crippen LogP contribution in [0.25, 0.3) is 11.6 Å². The summed E-state index contributed by atoms with van der Waals surface area (Å²) in [5, 5.41) is 2.70. The van der Waals surface area contributed by atoms with Gasteiger partial charge in [0, 0.05) is 22.5 Å². The molecule has 35 heavy (non-hydrogen) atoms. The van der Waals surface area contributed by atoms with E-state index >= 15 is 0 Å². The van der Waals surface area contributed by atoms with E-state index in [4.69, 9.17) is 4.74 Å². The molecule has 0 radical (unpaired) electrons. The van der Waals surface area contributed by atoms with Gasteiger partial charge in [-0.3, -0.25) is 9.52 Å². The number of sulfonamides is 1. The van der Waals surface area contributed by atoms with Crippen LogP contribution in [0.3, 0.4) is 0 Å². The van der Waals surface area contributed by atoms with Crippen LogP contribution in [-0.4, -0.2) is 20.9 Å². The van der Waals surface area contributed by atoms with E-state index in [1.54, 1.807) is 30.3 Å². The minimum absolute atomic E-state index is 0.0196. The smallest absolute Gasteiger partial charge is 0.416 e. The van der Waals surface area contributed by atoms with E-state index in [2.05, 4.69) is 10.0 Å². The van der Waals surface area contributed by atoms with E-state index in [0.29, 0.717) is 23.6 Å². The molecule has 10 heteroatoms. The third kappa shape index (κ3) is 5.48. The molecule has 182 valence electrons. The van der Waals surface area contributed by atoms with Gasteiger partial charge in [0.2, 0.25) is 0 Å². The number of anilines is 2. The SMILES string of the molecule is CCCOc1ccc(C=C2C(=O)Nc3ccc(S(=O)(=O)Nc4ccc(C(F)(F)F)cc4)cc32)cc1. The summed E-state index contributed by atoms with van der Waals surface area (Å²) in [4.78, 5) is 12.4. The van der Waals surface area contributed by atoms with Gasteiger partial charge in [0.1, 0.15) is 5.75 Å². The van der Waals surface area contributed by atoms with E-state index in [1.807, 2.05) is 6.92 Å². The molecule has 3 aromatic carbocycles. The average Bonchev–Trinajstić information content (AvgIpc) is 3.12. The molecule has 0 fully saturated rings. The standard InChI is InChI=1S/C25H21F3N2O4S/c1-2-13-34-19-9-3-16(4-10-19)14-22-21-15-20(11-12-23(21)29-24(22)31)35(32,33)30-18-7-5-17(6-8-18)25(26,27)28/h3-12,14-15,30H,2,13H2,1H3,(H,29,31). The summed E-state index contributed by atoms with van der Waals surface area (Å²) in [7, 11) is -4.13. The molecular formula is C25H21F3N2O4S. The fourth-order valence-corrected chi connectivity index (χ4v) is 4.55. The maximum absolute atomic E-state index is 12.9. The van der Waals surface area contributed by atoms with Crippen molar-refractivity contribution in [3.63, 3.8) is 0 Å². The lowest BCUT2D eigenvalue weighted by Crippen LogP contribution is -2.13. The first-order valence-corrected chi connectivity index (χ1v) is 12.2. The first kappa shape index (κ1) is 24.3. The van der Waals surface area contributed by atoms with Gasteiger partial charge in [-0.05, 0) is 72.7 Å². The van der Waals surface area contributed by atoms with Crippen LogP contribution in [0.15, 0.2) is 71.6 Å². The van der Waals surface area contributed by atoms with Crippen LogP contribution < -0.4 is 14.8 Å². The van der Waals surface area contributed by atoms with Crippen LogP contribution in [-0.2, 0) is 21.0 Å². The molecule has 3 aromatic rings. The number of carbonyl (C=O) groups excluding carboxylic acids is 1. The maximum Gasteiger partial charge on any atom is 0.416 e. The lowest BCUT2D eigenvalue weighted by Gasteiger charge is -2.11. The van der Waals surface area contributed by atoms with Crippen molar-refractivity contribution in [2.24, 2.45) is 0 Å². The Morgan fingerprint density at radius 2 is 1.69 bits per heavy atom. The van der Waals surface area contributed by atoms with Crippen LogP contribution in [0.2, 0.25) is 0 Å². The molecule has 0 bridgehead atoms. The highest BCUT2D eigenvalue weighted by Gasteiger charge is 2.30. The molecule has 0 aliphatic carbocycles. The Kier molecular flexibility index (Phi) is 6.58. The summed E-state index contributed by atoms with van der Waals surface area (Å²) in [5.74, 6) is 0.324. The van der Waals surface area contributed by atoms with E-state index in [-0.39, 0.29) is 22.1 Å². The molecule has 1 aliphatic rings. The molecule has 0 spiro atoms. The lowest BCUT2D eigenvalue weighted by atomic mass is 10.0. The fraction of sp³-hybridized carbons (Fsp3) is 0.160. The van der Waals surface area contributed by atoms with Crippen LogP contribution in [0, 0.1) is 0 Å². The summed E-state index contributed by atoms with van der Waals surface area (Å²) in [6.07, 6.45) is -2.01. The number of fused-ring (bicyclic) bond motifs is 1. The van der Waals surface area contributed by atoms with Crippen molar-refractivity contribution in [3.8, 4) is 5.75 Å². The van der Waals surface area contributed by atoms with Gasteiger partial charge in [-0.2, -0.15) is 13.2 Å². The number of halogens is 3. The van der Waals surface area contributed by atoms with E-state index in [1.165, 1.54) is 18.2 Å². The second-order valence-corrected chi connectivity index (χ2v) is 9.50. The minimum atomic E-state index is -4.53. The Hall–Kier alpha value is -3.79. The van der Waals surface area contributed by atoms with Crippen molar-refractivity contribution < 1.29 is 31.1 Å². The Morgan fingerprint density at radius 3 is 2.31 bits per heavy atom. The summed E-state index contributed by atoms with van der Waals surface area (Å²) >= 11 is 0. The highest BCUT2D eigenvalue weighted by atomic mass is 32.2. The van der Waals surface area contributed by atoms with Crippen molar-refractivity contribution in [1.29, 1.82) is 0 Å². The molecule has 1 amide bonds. The first-order valence-electron chi connectivity index (χ1n) is 10.7. The van der Waals surface area contributed by atoms with E-state index in [0.717, 1.165) is 36.2 Å². The topological polar surface area (TPSA) is 84.5 Å². The van der Waals surface area contributed by atoms with Crippen molar-refractivity contribution in [3.05, 3.63) is 83.4 Å². The molecule has 4 rings (SSSR count). The number of nitrogens with one attached hydrogen (secondary N) is 2. The highest BCUT2D eigenvalue weighted by molar-refractivity contribution is 7.92. The monoisotopic (exact) mass is 502 g/mol. The quantitative estimate of drug-likeness (QED) is 0.401. The molecule has 1 aliphatic heterocycles. The van der Waals surface area contributed by atoms with Crippen molar-refractivity contribution in [2.75, 3.05) is 16.6 Å². The maximum atomic E-state index is 12.9. The molecule has 0 saturated carbocycles. The van der Waals surface area contributed by atoms with Crippen LogP contribution in [0.5, 0.6) is 5.75 Å². The minimum Gasteiger partial charge on any atom is -0.494 e. The van der Waals surface area contributed by atoms with E-state index < -0.39 is 21.8 Å². The van der Waals surface area contributed by atoms with Gasteiger partial charge < -0.3 is 10.1 Å². The molecule has 2 N–H and O–H groups in total. The Morgan fingerprint density at radius 1 is 1.00 bits per heavy atom. The summed E-state index contributed by atoms with van der Waals surface area (Å²) in [5.41, 5.74) is 0.960. The van der Waals surface area contributed by atoms with Gasteiger partial charge >= 0.3 is 6.18 Å². The predicted molar refractivity (Wildman–Crippen MR) is 127 cm³/mol. The van der Waals surface area contributed by atoms with Gasteiger partial charge in [-0.15, -0.1) is 0 Å². The van der Waals surface area contributed by atoms with Crippen molar-refractivity contribution in [1.82, 2.24) is 0 Å². The summed E-state index contributed by atoms with van der Waals surface area (Å²) in [6.45, 7) is 2.59. The van der Waals surface area contributed by atoms with Gasteiger partial charge in [-0.25, -0.2) is 8.42 Å². The summed E-state index contributed by atoms with van der Waals surface area (Å²) in [6, 6.07) is 14.9. The highest BCUT2D eigenvalue weighted by Crippen LogP contribution is 2.36. The Bertz CT molecular complexity index is 1380. The zero-order valence-electron chi connectivity index (χ0n) is 18.5. The Balaban J connectivity index is 1.60. The first-order chi connectivity index (χ1) is 16.6. The fourth-order valence-electron chi connectivity index (χ4n) is 3.47. The molecule has 0 saturated heterocycles. The molecular weight excluding hydrogens is 481 g/mol. The van der Waals surface area contributed by atoms with E-state index in [9.17, 15) is 26.4 Å². The molecule has 0 atom stereocenters. The molecule has 1 heterocycles. The second kappa shape index (κ2) is 9.46. The second-order valence-electron chi connectivity index (χ2n) is 7.82. The number of carbonyl (C=O) groups is 1. The van der Waals surface area contributed by atoms with Crippen LogP contribution in [0.1, 0.15) is 30.0 Å². The molecule has 0 aromatic heterocycles. The lowest BCUT2D eigenvalue weighted by molar-refractivity contribution is -0.137. The van der Waals surface area contributed by atoms with Crippen molar-refractivity contribution >= 4 is 39.0 Å². The normalized spacial score (nSPS) is 14.5. The van der Waals surface area contributed by atoms with Crippen LogP contribution in [0.4, 0.5) is 24.5 Å². The van der Waals surface area contributed by atoms with Gasteiger partial charge in [0.15, 0.2) is 0 Å². The number of benzene rings is 3. The van der Waals surface area contributed by atoms with Crippen molar-refractivity contribution in [2.45, 2.75) is 24.4 Å². The summed E-state index contributed by atoms with van der Waals surface area (Å²) < 4.78 is 71.9. The van der Waals surface area contributed by atoms with Gasteiger partial charge in [0.25, 0.3) is 15.9 Å². The van der Waals surface area contributed by atoms with Crippen LogP contribution >= 0.6 is 0 Å². The third-order valence-corrected chi connectivity index (χ3v) is 6.59. The predicted octanol–water partition coefficient (Wildman–Crippen LogP) is 5.79. The van der Waals surface area contributed by atoms with Gasteiger partial charge in [0.05, 0.1) is 17.1 Å². The molecule has 0 unspecified atom stereocenters. The number of alkyl halides is 3. The average molecular weight is 503 g/mol. The number of hydrogen-bond acceptors (Lipinski definition) is 4. The number of ether oxygens (including phenoxy) is 1.